The highest BCUT2D eigenvalue weighted by Gasteiger charge is 2.44. The monoisotopic (exact) mass is 228 g/mol. The summed E-state index contributed by atoms with van der Waals surface area (Å²) in [4.78, 5) is 15.6. The molecule has 1 saturated heterocycles. The van der Waals surface area contributed by atoms with Crippen LogP contribution in [0.2, 0.25) is 0 Å². The molecule has 0 aromatic rings. The first kappa shape index (κ1) is 13.5. The molecule has 0 aromatic carbocycles. The Morgan fingerprint density at radius 3 is 2.56 bits per heavy atom. The number of aliphatic carboxylic acids is 1. The van der Waals surface area contributed by atoms with Gasteiger partial charge >= 0.3 is 5.97 Å². The molecule has 0 aliphatic carbocycles. The van der Waals surface area contributed by atoms with Crippen LogP contribution in [0.25, 0.3) is 0 Å². The number of carbonyl (C=O) groups is 1. The summed E-state index contributed by atoms with van der Waals surface area (Å²) >= 11 is 0. The number of nitrogens with zero attached hydrogens (tertiary/aromatic N) is 2. The van der Waals surface area contributed by atoms with E-state index in [0.29, 0.717) is 0 Å². The van der Waals surface area contributed by atoms with Crippen LogP contribution in [-0.2, 0) is 4.79 Å². The summed E-state index contributed by atoms with van der Waals surface area (Å²) < 4.78 is 0. The second kappa shape index (κ2) is 5.15. The van der Waals surface area contributed by atoms with E-state index in [2.05, 4.69) is 37.7 Å². The lowest BCUT2D eigenvalue weighted by Gasteiger charge is -2.34. The summed E-state index contributed by atoms with van der Waals surface area (Å²) in [5, 5.41) is 9.15. The van der Waals surface area contributed by atoms with Gasteiger partial charge in [-0.15, -0.1) is 0 Å². The quantitative estimate of drug-likeness (QED) is 0.766. The molecule has 1 atom stereocenters. The zero-order valence-corrected chi connectivity index (χ0v) is 10.9. The Balaban J connectivity index is 2.47. The summed E-state index contributed by atoms with van der Waals surface area (Å²) in [7, 11) is 4.13. The summed E-state index contributed by atoms with van der Waals surface area (Å²) in [5.74, 6) is -0.869. The van der Waals surface area contributed by atoms with E-state index in [9.17, 15) is 4.79 Å². The highest BCUT2D eigenvalue weighted by atomic mass is 16.4. The molecule has 0 bridgehead atoms. The van der Waals surface area contributed by atoms with Gasteiger partial charge in [-0.05, 0) is 60.4 Å². The van der Waals surface area contributed by atoms with E-state index in [-0.39, 0.29) is 11.5 Å². The molecule has 0 saturated carbocycles. The van der Waals surface area contributed by atoms with Gasteiger partial charge in [0.1, 0.15) is 0 Å². The molecule has 94 valence electrons. The van der Waals surface area contributed by atoms with Crippen molar-refractivity contribution in [3.8, 4) is 0 Å². The van der Waals surface area contributed by atoms with E-state index in [4.69, 9.17) is 5.11 Å². The first-order valence-electron chi connectivity index (χ1n) is 5.98. The third-order valence-electron chi connectivity index (χ3n) is 3.69. The molecule has 1 N–H and O–H groups in total. The van der Waals surface area contributed by atoms with Crippen LogP contribution in [0.3, 0.4) is 0 Å². The lowest BCUT2D eigenvalue weighted by Crippen LogP contribution is -2.45. The van der Waals surface area contributed by atoms with E-state index in [1.165, 1.54) is 0 Å². The summed E-state index contributed by atoms with van der Waals surface area (Å²) in [5.41, 5.74) is -0.196. The molecule has 0 amide bonds. The Morgan fingerprint density at radius 1 is 1.50 bits per heavy atom. The van der Waals surface area contributed by atoms with Gasteiger partial charge in [0.2, 0.25) is 0 Å². The highest BCUT2D eigenvalue weighted by molar-refractivity contribution is 5.72. The molecule has 4 nitrogen and oxygen atoms in total. The van der Waals surface area contributed by atoms with Crippen LogP contribution >= 0.6 is 0 Å². The second-order valence-electron chi connectivity index (χ2n) is 5.48. The maximum Gasteiger partial charge on any atom is 0.308 e. The Labute approximate surface area is 98.2 Å². The van der Waals surface area contributed by atoms with Gasteiger partial charge < -0.3 is 10.0 Å². The lowest BCUT2D eigenvalue weighted by atomic mass is 9.88. The topological polar surface area (TPSA) is 43.8 Å². The van der Waals surface area contributed by atoms with Gasteiger partial charge in [0, 0.05) is 5.54 Å². The molecule has 1 rings (SSSR count). The van der Waals surface area contributed by atoms with E-state index in [1.54, 1.807) is 0 Å². The van der Waals surface area contributed by atoms with Crippen molar-refractivity contribution in [1.82, 2.24) is 9.80 Å². The highest BCUT2D eigenvalue weighted by Crippen LogP contribution is 2.34. The smallest absolute Gasteiger partial charge is 0.308 e. The zero-order chi connectivity index (χ0) is 12.3. The van der Waals surface area contributed by atoms with Crippen LogP contribution in [0.1, 0.15) is 26.7 Å². The molecule has 0 radical (unpaired) electrons. The van der Waals surface area contributed by atoms with E-state index >= 15 is 0 Å². The number of carboxylic acid groups (broad SMARTS) is 1. The van der Waals surface area contributed by atoms with Crippen LogP contribution in [0, 0.1) is 5.92 Å². The third kappa shape index (κ3) is 2.95. The zero-order valence-electron chi connectivity index (χ0n) is 10.9. The Bertz CT molecular complexity index is 251. The minimum absolute atomic E-state index is 0.196. The molecule has 1 heterocycles. The first-order chi connectivity index (χ1) is 7.35. The summed E-state index contributed by atoms with van der Waals surface area (Å²) in [6, 6.07) is 0. The number of hydrogen-bond acceptors (Lipinski definition) is 3. The van der Waals surface area contributed by atoms with Crippen LogP contribution in [0.4, 0.5) is 0 Å². The average Bonchev–Trinajstić information content (AvgIpc) is 2.41. The van der Waals surface area contributed by atoms with Crippen LogP contribution in [0.5, 0.6) is 0 Å². The van der Waals surface area contributed by atoms with Gasteiger partial charge in [0.15, 0.2) is 0 Å². The minimum atomic E-state index is -0.653. The van der Waals surface area contributed by atoms with Crippen LogP contribution < -0.4 is 0 Å². The Kier molecular flexibility index (Phi) is 4.33. The maximum absolute atomic E-state index is 11.1. The standard InChI is InChI=1S/C12H24N2O2/c1-12(2)10(11(15)16)6-9-14(12)8-5-7-13(3)4/h10H,5-9H2,1-4H3,(H,15,16). The fourth-order valence-electron chi connectivity index (χ4n) is 2.55. The molecule has 4 heteroatoms. The van der Waals surface area contributed by atoms with Crippen molar-refractivity contribution in [1.29, 1.82) is 0 Å². The minimum Gasteiger partial charge on any atom is -0.481 e. The predicted molar refractivity (Wildman–Crippen MR) is 64.6 cm³/mol. The van der Waals surface area contributed by atoms with Gasteiger partial charge in [-0.2, -0.15) is 0 Å². The number of hydrogen-bond donors (Lipinski definition) is 1. The lowest BCUT2D eigenvalue weighted by molar-refractivity contribution is -0.144. The SMILES string of the molecule is CN(C)CCCN1CCC(C(=O)O)C1(C)C. The molecule has 1 unspecified atom stereocenters. The Hall–Kier alpha value is -0.610. The maximum atomic E-state index is 11.1. The normalized spacial score (nSPS) is 25.2. The predicted octanol–water partition coefficient (Wildman–Crippen LogP) is 1.12. The number of likely N-dealkylation sites (tertiary alicyclic amines) is 1. The largest absolute Gasteiger partial charge is 0.481 e. The molecular weight excluding hydrogens is 204 g/mol. The summed E-state index contributed by atoms with van der Waals surface area (Å²) in [6.07, 6.45) is 1.88. The van der Waals surface area contributed by atoms with Crippen LogP contribution in [-0.4, -0.2) is 60.1 Å². The molecule has 1 aliphatic heterocycles. The van der Waals surface area contributed by atoms with Gasteiger partial charge in [0.05, 0.1) is 5.92 Å². The van der Waals surface area contributed by atoms with Crippen molar-refractivity contribution in [3.05, 3.63) is 0 Å². The summed E-state index contributed by atoms with van der Waals surface area (Å²) in [6.45, 7) is 7.07. The van der Waals surface area contributed by atoms with Crippen molar-refractivity contribution in [2.45, 2.75) is 32.2 Å². The van der Waals surface area contributed by atoms with Gasteiger partial charge in [-0.25, -0.2) is 0 Å². The fourth-order valence-corrected chi connectivity index (χ4v) is 2.55. The van der Waals surface area contributed by atoms with Crippen LogP contribution in [0.15, 0.2) is 0 Å². The van der Waals surface area contributed by atoms with E-state index in [1.807, 2.05) is 0 Å². The average molecular weight is 228 g/mol. The molecule has 0 aromatic heterocycles. The first-order valence-corrected chi connectivity index (χ1v) is 5.98. The van der Waals surface area contributed by atoms with Crippen molar-refractivity contribution in [3.63, 3.8) is 0 Å². The fraction of sp³-hybridized carbons (Fsp3) is 0.917. The van der Waals surface area contributed by atoms with Gasteiger partial charge in [-0.3, -0.25) is 9.69 Å². The molecule has 0 spiro atoms. The van der Waals surface area contributed by atoms with Crippen molar-refractivity contribution in [2.75, 3.05) is 33.7 Å². The van der Waals surface area contributed by atoms with Crippen molar-refractivity contribution in [2.24, 2.45) is 5.92 Å². The molecule has 1 aliphatic rings. The third-order valence-corrected chi connectivity index (χ3v) is 3.69. The molecular formula is C12H24N2O2. The van der Waals surface area contributed by atoms with Crippen molar-refractivity contribution < 1.29 is 9.90 Å². The number of carboxylic acids is 1. The van der Waals surface area contributed by atoms with E-state index in [0.717, 1.165) is 32.5 Å². The van der Waals surface area contributed by atoms with Gasteiger partial charge in [-0.1, -0.05) is 0 Å². The van der Waals surface area contributed by atoms with Crippen molar-refractivity contribution >= 4 is 5.97 Å². The number of rotatable bonds is 5. The molecule has 16 heavy (non-hydrogen) atoms. The Morgan fingerprint density at radius 2 is 2.12 bits per heavy atom. The van der Waals surface area contributed by atoms with E-state index < -0.39 is 5.97 Å². The van der Waals surface area contributed by atoms with Gasteiger partial charge in [0.25, 0.3) is 0 Å². The molecule has 1 fully saturated rings. The second-order valence-corrected chi connectivity index (χ2v) is 5.48.